The summed E-state index contributed by atoms with van der Waals surface area (Å²) in [6.45, 7) is 1.97. The second kappa shape index (κ2) is 5.53. The average Bonchev–Trinajstić information content (AvgIpc) is 2.86. The Balaban J connectivity index is 2.18. The minimum atomic E-state index is -1.05. The van der Waals surface area contributed by atoms with E-state index in [-0.39, 0.29) is 22.6 Å². The second-order valence-electron chi connectivity index (χ2n) is 5.44. The zero-order valence-electron chi connectivity index (χ0n) is 11.7. The van der Waals surface area contributed by atoms with Gasteiger partial charge in [0.15, 0.2) is 0 Å². The first kappa shape index (κ1) is 14.4. The molecular weight excluding hydrogens is 258 g/mol. The highest BCUT2D eigenvalue weighted by Crippen LogP contribution is 2.38. The molecule has 1 aromatic carbocycles. The lowest BCUT2D eigenvalue weighted by Gasteiger charge is -2.22. The number of aromatic carboxylic acids is 1. The third-order valence-electron chi connectivity index (χ3n) is 3.95. The van der Waals surface area contributed by atoms with Crippen LogP contribution < -0.4 is 10.1 Å². The van der Waals surface area contributed by atoms with Crippen molar-refractivity contribution in [2.45, 2.75) is 32.6 Å². The molecule has 5 nitrogen and oxygen atoms in total. The van der Waals surface area contributed by atoms with Gasteiger partial charge in [-0.15, -0.1) is 0 Å². The molecule has 0 heterocycles. The van der Waals surface area contributed by atoms with E-state index in [1.54, 1.807) is 12.1 Å². The highest BCUT2D eigenvalue weighted by Gasteiger charge is 2.36. The van der Waals surface area contributed by atoms with Crippen LogP contribution in [0.1, 0.15) is 43.0 Å². The van der Waals surface area contributed by atoms with Crippen molar-refractivity contribution in [3.8, 4) is 5.75 Å². The highest BCUT2D eigenvalue weighted by molar-refractivity contribution is 5.97. The molecule has 0 aromatic heterocycles. The van der Waals surface area contributed by atoms with Gasteiger partial charge in [-0.25, -0.2) is 4.79 Å². The fraction of sp³-hybridized carbons (Fsp3) is 0.467. The monoisotopic (exact) mass is 277 g/mol. The summed E-state index contributed by atoms with van der Waals surface area (Å²) < 4.78 is 5.05. The van der Waals surface area contributed by atoms with E-state index < -0.39 is 5.97 Å². The first-order valence-electron chi connectivity index (χ1n) is 6.69. The molecule has 1 amide bonds. The number of nitrogens with one attached hydrogen (secondary N) is 1. The van der Waals surface area contributed by atoms with Gasteiger partial charge < -0.3 is 15.2 Å². The standard InChI is InChI=1S/C15H19NO4/c1-15(7-3-4-8-15)14(19)16-10-5-6-11(13(17)18)12(9-10)20-2/h5-6,9H,3-4,7-8H2,1-2H3,(H,16,19)(H,17,18). The predicted octanol–water partition coefficient (Wildman–Crippen LogP) is 2.91. The number of benzene rings is 1. The molecule has 0 spiro atoms. The van der Waals surface area contributed by atoms with Gasteiger partial charge in [0.2, 0.25) is 5.91 Å². The van der Waals surface area contributed by atoms with E-state index in [1.807, 2.05) is 6.92 Å². The number of amides is 1. The number of ether oxygens (including phenoxy) is 1. The van der Waals surface area contributed by atoms with Crippen molar-refractivity contribution >= 4 is 17.6 Å². The third kappa shape index (κ3) is 2.76. The smallest absolute Gasteiger partial charge is 0.339 e. The summed E-state index contributed by atoms with van der Waals surface area (Å²) in [7, 11) is 1.41. The summed E-state index contributed by atoms with van der Waals surface area (Å²) in [6.07, 6.45) is 3.93. The van der Waals surface area contributed by atoms with Crippen LogP contribution in [0.2, 0.25) is 0 Å². The summed E-state index contributed by atoms with van der Waals surface area (Å²) in [5.74, 6) is -0.825. The fourth-order valence-electron chi connectivity index (χ4n) is 2.61. The highest BCUT2D eigenvalue weighted by atomic mass is 16.5. The Morgan fingerprint density at radius 1 is 1.30 bits per heavy atom. The maximum absolute atomic E-state index is 12.3. The molecule has 1 aliphatic rings. The van der Waals surface area contributed by atoms with Crippen LogP contribution in [-0.2, 0) is 4.79 Å². The van der Waals surface area contributed by atoms with E-state index in [4.69, 9.17) is 9.84 Å². The normalized spacial score (nSPS) is 16.7. The van der Waals surface area contributed by atoms with Crippen LogP contribution >= 0.6 is 0 Å². The largest absolute Gasteiger partial charge is 0.496 e. The van der Waals surface area contributed by atoms with E-state index >= 15 is 0 Å². The van der Waals surface area contributed by atoms with Gasteiger partial charge in [-0.1, -0.05) is 19.8 Å². The molecule has 2 rings (SSSR count). The number of carboxylic acids is 1. The van der Waals surface area contributed by atoms with Gasteiger partial charge in [0.25, 0.3) is 0 Å². The number of methoxy groups -OCH3 is 1. The first-order valence-corrected chi connectivity index (χ1v) is 6.69. The van der Waals surface area contributed by atoms with Gasteiger partial charge in [-0.3, -0.25) is 4.79 Å². The number of anilines is 1. The van der Waals surface area contributed by atoms with Crippen molar-refractivity contribution in [2.75, 3.05) is 12.4 Å². The van der Waals surface area contributed by atoms with E-state index in [0.717, 1.165) is 25.7 Å². The van der Waals surface area contributed by atoms with Crippen molar-refractivity contribution in [3.63, 3.8) is 0 Å². The molecule has 0 saturated heterocycles. The molecule has 20 heavy (non-hydrogen) atoms. The lowest BCUT2D eigenvalue weighted by atomic mass is 9.88. The summed E-state index contributed by atoms with van der Waals surface area (Å²) in [5, 5.41) is 11.9. The van der Waals surface area contributed by atoms with Gasteiger partial charge in [0.05, 0.1) is 7.11 Å². The molecule has 0 bridgehead atoms. The molecule has 1 aromatic rings. The second-order valence-corrected chi connectivity index (χ2v) is 5.44. The molecule has 5 heteroatoms. The molecule has 1 fully saturated rings. The molecule has 0 radical (unpaired) electrons. The molecule has 108 valence electrons. The molecule has 0 atom stereocenters. The van der Waals surface area contributed by atoms with Crippen molar-refractivity contribution < 1.29 is 19.4 Å². The minimum absolute atomic E-state index is 0.0138. The molecular formula is C15H19NO4. The van der Waals surface area contributed by atoms with Crippen molar-refractivity contribution in [3.05, 3.63) is 23.8 Å². The van der Waals surface area contributed by atoms with Crippen molar-refractivity contribution in [2.24, 2.45) is 5.41 Å². The third-order valence-corrected chi connectivity index (χ3v) is 3.95. The van der Waals surface area contributed by atoms with Gasteiger partial charge in [0, 0.05) is 17.2 Å². The van der Waals surface area contributed by atoms with Crippen LogP contribution in [0.4, 0.5) is 5.69 Å². The van der Waals surface area contributed by atoms with Crippen LogP contribution in [0.3, 0.4) is 0 Å². The fourth-order valence-corrected chi connectivity index (χ4v) is 2.61. The Labute approximate surface area is 117 Å². The average molecular weight is 277 g/mol. The summed E-state index contributed by atoms with van der Waals surface area (Å²) in [5.41, 5.74) is 0.321. The zero-order chi connectivity index (χ0) is 14.8. The van der Waals surface area contributed by atoms with Crippen LogP contribution in [0.25, 0.3) is 0 Å². The van der Waals surface area contributed by atoms with E-state index in [2.05, 4.69) is 5.32 Å². The summed E-state index contributed by atoms with van der Waals surface area (Å²) in [4.78, 5) is 23.3. The zero-order valence-corrected chi connectivity index (χ0v) is 11.7. The van der Waals surface area contributed by atoms with Gasteiger partial charge >= 0.3 is 5.97 Å². The topological polar surface area (TPSA) is 75.6 Å². The quantitative estimate of drug-likeness (QED) is 0.887. The SMILES string of the molecule is COc1cc(NC(=O)C2(C)CCCC2)ccc1C(=O)O. The molecule has 0 aliphatic heterocycles. The number of hydrogen-bond donors (Lipinski definition) is 2. The Morgan fingerprint density at radius 2 is 1.95 bits per heavy atom. The Bertz CT molecular complexity index is 533. The van der Waals surface area contributed by atoms with E-state index in [0.29, 0.717) is 5.69 Å². The Kier molecular flexibility index (Phi) is 3.97. The van der Waals surface area contributed by atoms with E-state index in [1.165, 1.54) is 13.2 Å². The number of carboxylic acid groups (broad SMARTS) is 1. The lowest BCUT2D eigenvalue weighted by molar-refractivity contribution is -0.124. The maximum atomic E-state index is 12.3. The molecule has 0 unspecified atom stereocenters. The van der Waals surface area contributed by atoms with Crippen LogP contribution in [0.5, 0.6) is 5.75 Å². The van der Waals surface area contributed by atoms with Crippen LogP contribution in [0, 0.1) is 5.41 Å². The van der Waals surface area contributed by atoms with Crippen LogP contribution in [0.15, 0.2) is 18.2 Å². The predicted molar refractivity (Wildman–Crippen MR) is 75.2 cm³/mol. The van der Waals surface area contributed by atoms with Gasteiger partial charge in [-0.05, 0) is 25.0 Å². The van der Waals surface area contributed by atoms with Gasteiger partial charge in [-0.2, -0.15) is 0 Å². The van der Waals surface area contributed by atoms with Crippen molar-refractivity contribution in [1.82, 2.24) is 0 Å². The molecule has 2 N–H and O–H groups in total. The lowest BCUT2D eigenvalue weighted by Crippen LogP contribution is -2.30. The number of rotatable bonds is 4. The summed E-state index contributed by atoms with van der Waals surface area (Å²) >= 11 is 0. The van der Waals surface area contributed by atoms with Gasteiger partial charge in [0.1, 0.15) is 11.3 Å². The Hall–Kier alpha value is -2.04. The Morgan fingerprint density at radius 3 is 2.50 bits per heavy atom. The first-order chi connectivity index (χ1) is 9.46. The summed E-state index contributed by atoms with van der Waals surface area (Å²) in [6, 6.07) is 4.57. The number of carbonyl (C=O) groups excluding carboxylic acids is 1. The number of hydrogen-bond acceptors (Lipinski definition) is 3. The van der Waals surface area contributed by atoms with Crippen molar-refractivity contribution in [1.29, 1.82) is 0 Å². The molecule has 1 saturated carbocycles. The number of carbonyl (C=O) groups is 2. The minimum Gasteiger partial charge on any atom is -0.496 e. The molecule has 1 aliphatic carbocycles. The maximum Gasteiger partial charge on any atom is 0.339 e. The van der Waals surface area contributed by atoms with E-state index in [9.17, 15) is 9.59 Å². The van der Waals surface area contributed by atoms with Crippen LogP contribution in [-0.4, -0.2) is 24.1 Å².